The smallest absolute Gasteiger partial charge is 0.309 e. The van der Waals surface area contributed by atoms with Gasteiger partial charge in [-0.15, -0.1) is 0 Å². The molecule has 0 aromatic carbocycles. The topological polar surface area (TPSA) is 38.3 Å². The van der Waals surface area contributed by atoms with Crippen LogP contribution in [0.5, 0.6) is 0 Å². The fourth-order valence-corrected chi connectivity index (χ4v) is 2.58. The minimum Gasteiger partial charge on any atom is -0.460 e. The third-order valence-corrected chi connectivity index (χ3v) is 3.45. The lowest BCUT2D eigenvalue weighted by Crippen LogP contribution is -2.55. The normalized spacial score (nSPS) is 35.3. The van der Waals surface area contributed by atoms with Crippen LogP contribution in [0.2, 0.25) is 0 Å². The van der Waals surface area contributed by atoms with Gasteiger partial charge in [-0.25, -0.2) is 0 Å². The van der Waals surface area contributed by atoms with Crippen molar-refractivity contribution in [3.05, 3.63) is 0 Å². The summed E-state index contributed by atoms with van der Waals surface area (Å²) in [5.74, 6) is 0.116. The second-order valence-corrected chi connectivity index (χ2v) is 5.93. The van der Waals surface area contributed by atoms with Crippen LogP contribution in [0.3, 0.4) is 0 Å². The summed E-state index contributed by atoms with van der Waals surface area (Å²) >= 11 is 0. The van der Waals surface area contributed by atoms with Gasteiger partial charge in [0, 0.05) is 5.54 Å². The number of hydrogen-bond donors (Lipinski definition) is 1. The molecule has 2 aliphatic rings. The zero-order chi connectivity index (χ0) is 11.1. The van der Waals surface area contributed by atoms with E-state index in [0.717, 1.165) is 25.8 Å². The van der Waals surface area contributed by atoms with Gasteiger partial charge < -0.3 is 10.1 Å². The van der Waals surface area contributed by atoms with Gasteiger partial charge in [0.25, 0.3) is 0 Å². The number of nitrogens with one attached hydrogen (secondary N) is 1. The monoisotopic (exact) mass is 211 g/mol. The molecule has 1 saturated heterocycles. The molecule has 1 aliphatic heterocycles. The van der Waals surface area contributed by atoms with E-state index in [1.54, 1.807) is 0 Å². The predicted octanol–water partition coefficient (Wildman–Crippen LogP) is 1.86. The summed E-state index contributed by atoms with van der Waals surface area (Å²) in [6, 6.07) is 0. The molecule has 1 heterocycles. The highest BCUT2D eigenvalue weighted by Gasteiger charge is 2.46. The molecule has 15 heavy (non-hydrogen) atoms. The SMILES string of the molecule is CC(C)(C)OC(=O)C1CCC2(CCN2)C1. The number of hydrogen-bond acceptors (Lipinski definition) is 3. The maximum atomic E-state index is 11.8. The third-order valence-electron chi connectivity index (χ3n) is 3.45. The van der Waals surface area contributed by atoms with Gasteiger partial charge in [0.05, 0.1) is 5.92 Å². The lowest BCUT2D eigenvalue weighted by molar-refractivity contribution is -0.160. The van der Waals surface area contributed by atoms with Gasteiger partial charge in [-0.1, -0.05) is 0 Å². The average molecular weight is 211 g/mol. The highest BCUT2D eigenvalue weighted by atomic mass is 16.6. The lowest BCUT2D eigenvalue weighted by Gasteiger charge is -2.40. The van der Waals surface area contributed by atoms with Crippen molar-refractivity contribution in [2.45, 2.75) is 57.6 Å². The molecule has 3 heteroatoms. The Morgan fingerprint density at radius 1 is 1.40 bits per heavy atom. The highest BCUT2D eigenvalue weighted by molar-refractivity contribution is 5.73. The predicted molar refractivity (Wildman–Crippen MR) is 58.5 cm³/mol. The van der Waals surface area contributed by atoms with E-state index in [4.69, 9.17) is 4.74 Å². The molecule has 2 atom stereocenters. The van der Waals surface area contributed by atoms with E-state index in [1.807, 2.05) is 20.8 Å². The number of carbonyl (C=O) groups excluding carboxylic acids is 1. The summed E-state index contributed by atoms with van der Waals surface area (Å²) in [5.41, 5.74) is -0.0541. The Bertz CT molecular complexity index is 263. The van der Waals surface area contributed by atoms with Gasteiger partial charge in [-0.3, -0.25) is 4.79 Å². The number of rotatable bonds is 1. The second kappa shape index (κ2) is 3.48. The first kappa shape index (κ1) is 10.9. The van der Waals surface area contributed by atoms with Crippen LogP contribution in [0.1, 0.15) is 46.5 Å². The molecule has 1 aliphatic carbocycles. The maximum absolute atomic E-state index is 11.8. The van der Waals surface area contributed by atoms with Crippen molar-refractivity contribution < 1.29 is 9.53 Å². The zero-order valence-corrected chi connectivity index (χ0v) is 9.93. The third kappa shape index (κ3) is 2.33. The minimum atomic E-state index is -0.347. The van der Waals surface area contributed by atoms with Crippen LogP contribution in [0, 0.1) is 5.92 Å². The standard InChI is InChI=1S/C12H21NO2/c1-11(2,3)15-10(14)9-4-5-12(8-9)6-7-13-12/h9,13H,4-8H2,1-3H3. The van der Waals surface area contributed by atoms with Crippen LogP contribution >= 0.6 is 0 Å². The Hall–Kier alpha value is -0.570. The van der Waals surface area contributed by atoms with E-state index in [2.05, 4.69) is 5.32 Å². The molecule has 0 amide bonds. The molecule has 1 N–H and O–H groups in total. The molecule has 1 saturated carbocycles. The first-order valence-electron chi connectivity index (χ1n) is 5.88. The zero-order valence-electron chi connectivity index (χ0n) is 9.93. The van der Waals surface area contributed by atoms with Crippen molar-refractivity contribution in [1.29, 1.82) is 0 Å². The Balaban J connectivity index is 1.88. The first-order valence-corrected chi connectivity index (χ1v) is 5.88. The molecule has 0 radical (unpaired) electrons. The van der Waals surface area contributed by atoms with Crippen molar-refractivity contribution in [1.82, 2.24) is 5.32 Å². The summed E-state index contributed by atoms with van der Waals surface area (Å²) in [6.45, 7) is 6.90. The van der Waals surface area contributed by atoms with Crippen LogP contribution in [-0.2, 0) is 9.53 Å². The maximum Gasteiger partial charge on any atom is 0.309 e. The van der Waals surface area contributed by atoms with Crippen LogP contribution < -0.4 is 5.32 Å². The van der Waals surface area contributed by atoms with E-state index in [1.165, 1.54) is 6.42 Å². The molecule has 2 unspecified atom stereocenters. The largest absolute Gasteiger partial charge is 0.460 e. The summed E-state index contributed by atoms with van der Waals surface area (Å²) in [5, 5.41) is 3.46. The Kier molecular flexibility index (Phi) is 2.53. The van der Waals surface area contributed by atoms with E-state index in [-0.39, 0.29) is 17.5 Å². The van der Waals surface area contributed by atoms with E-state index in [0.29, 0.717) is 5.54 Å². The fraction of sp³-hybridized carbons (Fsp3) is 0.917. The van der Waals surface area contributed by atoms with Crippen LogP contribution in [0.25, 0.3) is 0 Å². The van der Waals surface area contributed by atoms with Crippen molar-refractivity contribution in [2.75, 3.05) is 6.54 Å². The number of ether oxygens (including phenoxy) is 1. The average Bonchev–Trinajstić information content (AvgIpc) is 2.43. The minimum absolute atomic E-state index is 0.00641. The van der Waals surface area contributed by atoms with Crippen molar-refractivity contribution in [3.63, 3.8) is 0 Å². The summed E-state index contributed by atoms with van der Waals surface area (Å²) < 4.78 is 5.42. The first-order chi connectivity index (χ1) is 6.90. The van der Waals surface area contributed by atoms with E-state index in [9.17, 15) is 4.79 Å². The molecule has 1 spiro atoms. The highest BCUT2D eigenvalue weighted by Crippen LogP contribution is 2.41. The summed E-state index contributed by atoms with van der Waals surface area (Å²) in [4.78, 5) is 11.8. The van der Waals surface area contributed by atoms with Crippen molar-refractivity contribution >= 4 is 5.97 Å². The van der Waals surface area contributed by atoms with Gasteiger partial charge >= 0.3 is 5.97 Å². The molecule has 0 aromatic heterocycles. The summed E-state index contributed by atoms with van der Waals surface area (Å²) in [6.07, 6.45) is 4.33. The van der Waals surface area contributed by atoms with E-state index < -0.39 is 0 Å². The van der Waals surface area contributed by atoms with Crippen molar-refractivity contribution in [2.24, 2.45) is 5.92 Å². The van der Waals surface area contributed by atoms with E-state index >= 15 is 0 Å². The second-order valence-electron chi connectivity index (χ2n) is 5.93. The lowest BCUT2D eigenvalue weighted by atomic mass is 9.85. The molecule has 0 aromatic rings. The Morgan fingerprint density at radius 3 is 2.47 bits per heavy atom. The van der Waals surface area contributed by atoms with Crippen molar-refractivity contribution in [3.8, 4) is 0 Å². The Labute approximate surface area is 91.6 Å². The van der Waals surface area contributed by atoms with Gasteiger partial charge in [-0.05, 0) is 53.0 Å². The number of carbonyl (C=O) groups is 1. The quantitative estimate of drug-likeness (QED) is 0.673. The molecular weight excluding hydrogens is 190 g/mol. The fourth-order valence-electron chi connectivity index (χ4n) is 2.58. The summed E-state index contributed by atoms with van der Waals surface area (Å²) in [7, 11) is 0. The van der Waals surface area contributed by atoms with Crippen LogP contribution in [-0.4, -0.2) is 23.7 Å². The van der Waals surface area contributed by atoms with Crippen LogP contribution in [0.15, 0.2) is 0 Å². The number of esters is 1. The Morgan fingerprint density at radius 2 is 2.07 bits per heavy atom. The molecule has 2 rings (SSSR count). The van der Waals surface area contributed by atoms with Gasteiger partial charge in [0.1, 0.15) is 5.60 Å². The molecule has 3 nitrogen and oxygen atoms in total. The molecular formula is C12H21NO2. The van der Waals surface area contributed by atoms with Crippen LogP contribution in [0.4, 0.5) is 0 Å². The molecule has 0 bridgehead atoms. The molecule has 86 valence electrons. The van der Waals surface area contributed by atoms with Gasteiger partial charge in [0.2, 0.25) is 0 Å². The van der Waals surface area contributed by atoms with Gasteiger partial charge in [0.15, 0.2) is 0 Å². The molecule has 2 fully saturated rings. The van der Waals surface area contributed by atoms with Gasteiger partial charge in [-0.2, -0.15) is 0 Å².